The lowest BCUT2D eigenvalue weighted by molar-refractivity contribution is -0.131. The smallest absolute Gasteiger partial charge is 0.228 e. The highest BCUT2D eigenvalue weighted by Gasteiger charge is 2.19. The fraction of sp³-hybridized carbons (Fsp3) is 0.400. The van der Waals surface area contributed by atoms with Gasteiger partial charge in [-0.1, -0.05) is 31.2 Å². The number of nitrogens with zero attached hydrogens (tertiary/aromatic N) is 3. The van der Waals surface area contributed by atoms with Crippen molar-refractivity contribution in [2.45, 2.75) is 39.0 Å². The summed E-state index contributed by atoms with van der Waals surface area (Å²) in [5.74, 6) is 0.238. The summed E-state index contributed by atoms with van der Waals surface area (Å²) in [6.45, 7) is 3.98. The van der Waals surface area contributed by atoms with E-state index in [1.165, 1.54) is 12.0 Å². The third-order valence-electron chi connectivity index (χ3n) is 4.98. The lowest BCUT2D eigenvalue weighted by atomic mass is 10.1. The Balaban J connectivity index is 1.56. The molecular weight excluding hydrogens is 330 g/mol. The van der Waals surface area contributed by atoms with Crippen LogP contribution in [-0.4, -0.2) is 33.3 Å². The van der Waals surface area contributed by atoms with E-state index in [2.05, 4.69) is 47.2 Å². The second kappa shape index (κ2) is 7.00. The highest BCUT2D eigenvalue weighted by molar-refractivity contribution is 7.15. The molecule has 0 bridgehead atoms. The number of benzene rings is 1. The van der Waals surface area contributed by atoms with Crippen molar-refractivity contribution in [2.75, 3.05) is 13.1 Å². The summed E-state index contributed by atoms with van der Waals surface area (Å²) < 4.78 is 2.08. The fourth-order valence-electron chi connectivity index (χ4n) is 3.42. The average Bonchev–Trinajstić information content (AvgIpc) is 3.24. The molecule has 3 heterocycles. The van der Waals surface area contributed by atoms with Gasteiger partial charge in [-0.15, -0.1) is 11.3 Å². The summed E-state index contributed by atoms with van der Waals surface area (Å²) in [4.78, 5) is 20.3. The van der Waals surface area contributed by atoms with Gasteiger partial charge in [0.25, 0.3) is 0 Å². The largest absolute Gasteiger partial charge is 0.342 e. The molecular formula is C20H23N3OS. The number of amides is 1. The molecule has 1 aliphatic heterocycles. The minimum absolute atomic E-state index is 0.238. The predicted octanol–water partition coefficient (Wildman–Crippen LogP) is 4.18. The quantitative estimate of drug-likeness (QED) is 0.706. The van der Waals surface area contributed by atoms with Crippen LogP contribution in [0.5, 0.6) is 0 Å². The topological polar surface area (TPSA) is 37.6 Å². The van der Waals surface area contributed by atoms with Gasteiger partial charge < -0.3 is 4.90 Å². The van der Waals surface area contributed by atoms with E-state index in [1.807, 2.05) is 4.90 Å². The molecule has 1 amide bonds. The molecule has 130 valence electrons. The number of imidazole rings is 1. The summed E-state index contributed by atoms with van der Waals surface area (Å²) in [5, 5.41) is 2.06. The zero-order chi connectivity index (χ0) is 17.2. The van der Waals surface area contributed by atoms with Crippen LogP contribution in [0, 0.1) is 0 Å². The van der Waals surface area contributed by atoms with Gasteiger partial charge in [0.05, 0.1) is 12.1 Å². The molecule has 5 heteroatoms. The van der Waals surface area contributed by atoms with Crippen LogP contribution in [0.25, 0.3) is 16.2 Å². The maximum absolute atomic E-state index is 12.6. The zero-order valence-electron chi connectivity index (χ0n) is 14.6. The molecule has 0 radical (unpaired) electrons. The van der Waals surface area contributed by atoms with Crippen molar-refractivity contribution in [1.82, 2.24) is 14.3 Å². The molecule has 0 N–H and O–H groups in total. The minimum atomic E-state index is 0.238. The second-order valence-corrected chi connectivity index (χ2v) is 7.51. The number of rotatable bonds is 4. The average molecular weight is 353 g/mol. The number of aryl methyl sites for hydroxylation is 1. The number of fused-ring (bicyclic) bond motifs is 1. The van der Waals surface area contributed by atoms with Gasteiger partial charge in [-0.25, -0.2) is 4.98 Å². The van der Waals surface area contributed by atoms with Crippen LogP contribution in [0.3, 0.4) is 0 Å². The molecule has 1 saturated heterocycles. The molecule has 0 saturated carbocycles. The van der Waals surface area contributed by atoms with Gasteiger partial charge in [0.2, 0.25) is 5.91 Å². The SMILES string of the molecule is CCc1ccc(-c2cn3c(CC(=O)N4CCCCC4)csc3n2)cc1. The van der Waals surface area contributed by atoms with Crippen molar-refractivity contribution in [3.05, 3.63) is 47.1 Å². The fourth-order valence-corrected chi connectivity index (χ4v) is 4.29. The molecule has 1 aliphatic rings. The Morgan fingerprint density at radius 2 is 1.92 bits per heavy atom. The Kier molecular flexibility index (Phi) is 4.57. The van der Waals surface area contributed by atoms with Crippen LogP contribution < -0.4 is 0 Å². The molecule has 25 heavy (non-hydrogen) atoms. The van der Waals surface area contributed by atoms with Crippen LogP contribution in [0.1, 0.15) is 37.4 Å². The van der Waals surface area contributed by atoms with Crippen LogP contribution in [0.4, 0.5) is 0 Å². The lowest BCUT2D eigenvalue weighted by Crippen LogP contribution is -2.36. The third-order valence-corrected chi connectivity index (χ3v) is 5.87. The van der Waals surface area contributed by atoms with E-state index in [4.69, 9.17) is 4.98 Å². The number of aromatic nitrogens is 2. The molecule has 4 rings (SSSR count). The van der Waals surface area contributed by atoms with Crippen LogP contribution in [-0.2, 0) is 17.6 Å². The Hall–Kier alpha value is -2.14. The van der Waals surface area contributed by atoms with E-state index >= 15 is 0 Å². The van der Waals surface area contributed by atoms with Crippen molar-refractivity contribution in [1.29, 1.82) is 0 Å². The van der Waals surface area contributed by atoms with Crippen molar-refractivity contribution < 1.29 is 4.79 Å². The Bertz CT molecular complexity index is 872. The molecule has 3 aromatic rings. The number of likely N-dealkylation sites (tertiary alicyclic amines) is 1. The van der Waals surface area contributed by atoms with Crippen molar-refractivity contribution >= 4 is 22.2 Å². The van der Waals surface area contributed by atoms with Crippen molar-refractivity contribution in [3.63, 3.8) is 0 Å². The maximum Gasteiger partial charge on any atom is 0.228 e. The van der Waals surface area contributed by atoms with Gasteiger partial charge in [-0.2, -0.15) is 0 Å². The maximum atomic E-state index is 12.6. The number of hydrogen-bond acceptors (Lipinski definition) is 3. The summed E-state index contributed by atoms with van der Waals surface area (Å²) in [5.41, 5.74) is 4.47. The Morgan fingerprint density at radius 1 is 1.16 bits per heavy atom. The molecule has 4 nitrogen and oxygen atoms in total. The van der Waals surface area contributed by atoms with Crippen LogP contribution in [0.15, 0.2) is 35.8 Å². The number of piperidine rings is 1. The van der Waals surface area contributed by atoms with E-state index in [9.17, 15) is 4.79 Å². The molecule has 0 atom stereocenters. The lowest BCUT2D eigenvalue weighted by Gasteiger charge is -2.26. The number of hydrogen-bond donors (Lipinski definition) is 0. The zero-order valence-corrected chi connectivity index (χ0v) is 15.4. The van der Waals surface area contributed by atoms with E-state index in [-0.39, 0.29) is 5.91 Å². The Morgan fingerprint density at radius 3 is 2.64 bits per heavy atom. The monoisotopic (exact) mass is 353 g/mol. The van der Waals surface area contributed by atoms with Crippen molar-refractivity contribution in [3.8, 4) is 11.3 Å². The van der Waals surface area contributed by atoms with Gasteiger partial charge in [0, 0.05) is 35.9 Å². The highest BCUT2D eigenvalue weighted by Crippen LogP contribution is 2.25. The second-order valence-electron chi connectivity index (χ2n) is 6.67. The molecule has 1 fully saturated rings. The van der Waals surface area contributed by atoms with E-state index in [0.717, 1.165) is 54.3 Å². The third kappa shape index (κ3) is 3.33. The summed E-state index contributed by atoms with van der Waals surface area (Å²) in [6.07, 6.45) is 7.08. The molecule has 0 unspecified atom stereocenters. The number of carbonyl (C=O) groups is 1. The molecule has 0 spiro atoms. The van der Waals surface area contributed by atoms with Crippen molar-refractivity contribution in [2.24, 2.45) is 0 Å². The number of thiazole rings is 1. The normalized spacial score (nSPS) is 15.0. The Labute approximate surface area is 152 Å². The van der Waals surface area contributed by atoms with Gasteiger partial charge in [-0.3, -0.25) is 9.20 Å². The molecule has 2 aromatic heterocycles. The first-order valence-corrected chi connectivity index (χ1v) is 9.95. The standard InChI is InChI=1S/C20H23N3OS/c1-2-15-6-8-16(9-7-15)18-13-23-17(14-25-20(23)21-18)12-19(24)22-10-4-3-5-11-22/h6-9,13-14H,2-5,10-12H2,1H3. The first-order valence-electron chi connectivity index (χ1n) is 9.07. The van der Waals surface area contributed by atoms with E-state index in [1.54, 1.807) is 11.3 Å². The minimum Gasteiger partial charge on any atom is -0.342 e. The molecule has 0 aliphatic carbocycles. The van der Waals surface area contributed by atoms with Crippen LogP contribution in [0.2, 0.25) is 0 Å². The summed E-state index contributed by atoms with van der Waals surface area (Å²) >= 11 is 1.61. The first-order chi connectivity index (χ1) is 12.2. The summed E-state index contributed by atoms with van der Waals surface area (Å²) in [7, 11) is 0. The molecule has 1 aromatic carbocycles. The van der Waals surface area contributed by atoms with Gasteiger partial charge >= 0.3 is 0 Å². The van der Waals surface area contributed by atoms with E-state index < -0.39 is 0 Å². The van der Waals surface area contributed by atoms with E-state index in [0.29, 0.717) is 6.42 Å². The van der Waals surface area contributed by atoms with Gasteiger partial charge in [0.15, 0.2) is 4.96 Å². The van der Waals surface area contributed by atoms with Gasteiger partial charge in [0.1, 0.15) is 0 Å². The first kappa shape index (κ1) is 16.3. The summed E-state index contributed by atoms with van der Waals surface area (Å²) in [6, 6.07) is 8.57. The number of carbonyl (C=O) groups excluding carboxylic acids is 1. The predicted molar refractivity (Wildman–Crippen MR) is 102 cm³/mol. The van der Waals surface area contributed by atoms with Crippen LogP contribution >= 0.6 is 11.3 Å². The van der Waals surface area contributed by atoms with Gasteiger partial charge in [-0.05, 0) is 31.2 Å². The highest BCUT2D eigenvalue weighted by atomic mass is 32.1.